The van der Waals surface area contributed by atoms with Crippen LogP contribution >= 0.6 is 0 Å². The van der Waals surface area contributed by atoms with Gasteiger partial charge in [-0.15, -0.1) is 10.2 Å². The first-order valence-corrected chi connectivity index (χ1v) is 6.75. The zero-order chi connectivity index (χ0) is 15.4. The van der Waals surface area contributed by atoms with Crippen LogP contribution in [0.5, 0.6) is 0 Å². The number of nitrogens with zero attached hydrogens (tertiary/aromatic N) is 5. The Kier molecular flexibility index (Phi) is 3.86. The van der Waals surface area contributed by atoms with E-state index in [0.717, 1.165) is 16.8 Å². The molecule has 0 saturated carbocycles. The van der Waals surface area contributed by atoms with E-state index in [1.807, 2.05) is 37.3 Å². The molecule has 3 rings (SSSR count). The molecule has 1 N–H and O–H groups in total. The molecule has 0 aliphatic carbocycles. The maximum atomic E-state index is 12.0. The van der Waals surface area contributed by atoms with Crippen LogP contribution in [0, 0.1) is 6.92 Å². The number of pyridine rings is 1. The molecule has 2 aromatic heterocycles. The molecule has 1 amide bonds. The molecule has 0 unspecified atom stereocenters. The molecular weight excluding hydrogens is 280 g/mol. The number of anilines is 1. The van der Waals surface area contributed by atoms with E-state index >= 15 is 0 Å². The van der Waals surface area contributed by atoms with E-state index in [0.29, 0.717) is 5.82 Å². The van der Waals surface area contributed by atoms with Gasteiger partial charge in [0.1, 0.15) is 6.54 Å². The van der Waals surface area contributed by atoms with Crippen LogP contribution in [-0.4, -0.2) is 31.1 Å². The molecule has 0 fully saturated rings. The van der Waals surface area contributed by atoms with Crippen LogP contribution in [0.15, 0.2) is 48.8 Å². The molecule has 110 valence electrons. The van der Waals surface area contributed by atoms with Crippen LogP contribution in [0.1, 0.15) is 5.56 Å². The lowest BCUT2D eigenvalue weighted by Crippen LogP contribution is -2.20. The Morgan fingerprint density at radius 1 is 1.27 bits per heavy atom. The number of tetrazole rings is 1. The molecule has 1 aromatic carbocycles. The first-order valence-electron chi connectivity index (χ1n) is 6.75. The van der Waals surface area contributed by atoms with Gasteiger partial charge in [0.15, 0.2) is 0 Å². The molecule has 2 heterocycles. The van der Waals surface area contributed by atoms with Crippen molar-refractivity contribution in [3.05, 3.63) is 54.4 Å². The van der Waals surface area contributed by atoms with Gasteiger partial charge in [-0.1, -0.05) is 12.1 Å². The average molecular weight is 294 g/mol. The van der Waals surface area contributed by atoms with Crippen LogP contribution in [0.25, 0.3) is 11.4 Å². The molecule has 3 aromatic rings. The molecule has 0 aliphatic heterocycles. The quantitative estimate of drug-likeness (QED) is 0.791. The minimum Gasteiger partial charge on any atom is -0.324 e. The van der Waals surface area contributed by atoms with E-state index in [-0.39, 0.29) is 12.5 Å². The monoisotopic (exact) mass is 294 g/mol. The van der Waals surface area contributed by atoms with E-state index in [9.17, 15) is 4.79 Å². The molecule has 0 aliphatic rings. The zero-order valence-corrected chi connectivity index (χ0v) is 12.0. The first kappa shape index (κ1) is 13.9. The van der Waals surface area contributed by atoms with Crippen molar-refractivity contribution < 1.29 is 4.79 Å². The number of benzene rings is 1. The summed E-state index contributed by atoms with van der Waals surface area (Å²) in [6.07, 6.45) is 3.32. The fraction of sp³-hybridized carbons (Fsp3) is 0.133. The van der Waals surface area contributed by atoms with Crippen molar-refractivity contribution in [2.75, 3.05) is 5.32 Å². The number of carbonyl (C=O) groups is 1. The minimum absolute atomic E-state index is 0.00119. The number of aryl methyl sites for hydroxylation is 1. The third-order valence-corrected chi connectivity index (χ3v) is 2.96. The predicted octanol–water partition coefficient (Wildman–Crippen LogP) is 1.68. The van der Waals surface area contributed by atoms with Crippen molar-refractivity contribution >= 4 is 11.6 Å². The summed E-state index contributed by atoms with van der Waals surface area (Å²) >= 11 is 0. The van der Waals surface area contributed by atoms with Gasteiger partial charge >= 0.3 is 0 Å². The van der Waals surface area contributed by atoms with Crippen LogP contribution < -0.4 is 5.32 Å². The third-order valence-electron chi connectivity index (χ3n) is 2.96. The van der Waals surface area contributed by atoms with E-state index in [2.05, 4.69) is 25.7 Å². The van der Waals surface area contributed by atoms with E-state index in [4.69, 9.17) is 0 Å². The Morgan fingerprint density at radius 2 is 2.18 bits per heavy atom. The van der Waals surface area contributed by atoms with Crippen molar-refractivity contribution in [1.29, 1.82) is 0 Å². The van der Waals surface area contributed by atoms with Crippen molar-refractivity contribution in [3.63, 3.8) is 0 Å². The topological polar surface area (TPSA) is 85.6 Å². The Balaban J connectivity index is 1.66. The van der Waals surface area contributed by atoms with Crippen molar-refractivity contribution in [3.8, 4) is 11.4 Å². The second kappa shape index (κ2) is 6.13. The summed E-state index contributed by atoms with van der Waals surface area (Å²) in [5.41, 5.74) is 2.58. The van der Waals surface area contributed by atoms with Crippen LogP contribution in [0.4, 0.5) is 5.69 Å². The maximum Gasteiger partial charge on any atom is 0.248 e. The number of amides is 1. The first-order chi connectivity index (χ1) is 10.7. The molecule has 0 bridgehead atoms. The lowest BCUT2D eigenvalue weighted by molar-refractivity contribution is -0.117. The van der Waals surface area contributed by atoms with Crippen molar-refractivity contribution in [1.82, 2.24) is 25.2 Å². The van der Waals surface area contributed by atoms with E-state index in [1.54, 1.807) is 18.5 Å². The largest absolute Gasteiger partial charge is 0.324 e. The lowest BCUT2D eigenvalue weighted by Gasteiger charge is -2.04. The van der Waals surface area contributed by atoms with Crippen molar-refractivity contribution in [2.24, 2.45) is 0 Å². The molecule has 0 saturated heterocycles. The van der Waals surface area contributed by atoms with Crippen LogP contribution in [0.3, 0.4) is 0 Å². The summed E-state index contributed by atoms with van der Waals surface area (Å²) in [6, 6.07) is 11.2. The van der Waals surface area contributed by atoms with Crippen molar-refractivity contribution in [2.45, 2.75) is 13.5 Å². The van der Waals surface area contributed by atoms with E-state index in [1.165, 1.54) is 4.80 Å². The van der Waals surface area contributed by atoms with Gasteiger partial charge in [-0.05, 0) is 42.0 Å². The van der Waals surface area contributed by atoms with Gasteiger partial charge in [-0.25, -0.2) is 0 Å². The summed E-state index contributed by atoms with van der Waals surface area (Å²) in [4.78, 5) is 17.2. The summed E-state index contributed by atoms with van der Waals surface area (Å²) in [5.74, 6) is 0.234. The number of aromatic nitrogens is 5. The van der Waals surface area contributed by atoms with Gasteiger partial charge in [0.05, 0.1) is 0 Å². The van der Waals surface area contributed by atoms with Crippen LogP contribution in [0.2, 0.25) is 0 Å². The highest BCUT2D eigenvalue weighted by Crippen LogP contribution is 2.11. The normalized spacial score (nSPS) is 10.4. The highest BCUT2D eigenvalue weighted by atomic mass is 16.2. The highest BCUT2D eigenvalue weighted by Gasteiger charge is 2.09. The second-order valence-electron chi connectivity index (χ2n) is 4.80. The minimum atomic E-state index is -0.208. The zero-order valence-electron chi connectivity index (χ0n) is 12.0. The lowest BCUT2D eigenvalue weighted by atomic mass is 10.2. The van der Waals surface area contributed by atoms with Gasteiger partial charge in [0.25, 0.3) is 0 Å². The number of hydrogen-bond acceptors (Lipinski definition) is 5. The maximum absolute atomic E-state index is 12.0. The highest BCUT2D eigenvalue weighted by molar-refractivity contribution is 5.90. The second-order valence-corrected chi connectivity index (χ2v) is 4.80. The van der Waals surface area contributed by atoms with Gasteiger partial charge in [0, 0.05) is 23.6 Å². The van der Waals surface area contributed by atoms with Gasteiger partial charge in [-0.2, -0.15) is 4.80 Å². The summed E-state index contributed by atoms with van der Waals surface area (Å²) in [7, 11) is 0. The number of rotatable bonds is 4. The Labute approximate surface area is 127 Å². The summed E-state index contributed by atoms with van der Waals surface area (Å²) in [5, 5.41) is 14.8. The molecule has 0 radical (unpaired) electrons. The Morgan fingerprint density at radius 3 is 2.95 bits per heavy atom. The Bertz CT molecular complexity index is 783. The molecule has 0 atom stereocenters. The van der Waals surface area contributed by atoms with Crippen LogP contribution in [-0.2, 0) is 11.3 Å². The Hall–Kier alpha value is -3.09. The molecule has 7 nitrogen and oxygen atoms in total. The number of hydrogen-bond donors (Lipinski definition) is 1. The molecule has 0 spiro atoms. The standard InChI is InChI=1S/C15H14N6O/c1-11-4-2-6-13(8-11)17-14(22)10-21-19-15(18-20-21)12-5-3-7-16-9-12/h2-9H,10H2,1H3,(H,17,22). The third kappa shape index (κ3) is 3.32. The number of carbonyl (C=O) groups excluding carboxylic acids is 1. The van der Waals surface area contributed by atoms with E-state index < -0.39 is 0 Å². The molecule has 22 heavy (non-hydrogen) atoms. The predicted molar refractivity (Wildman–Crippen MR) is 80.9 cm³/mol. The average Bonchev–Trinajstić information content (AvgIpc) is 2.96. The summed E-state index contributed by atoms with van der Waals surface area (Å²) < 4.78 is 0. The summed E-state index contributed by atoms with van der Waals surface area (Å²) in [6.45, 7) is 1.97. The van der Waals surface area contributed by atoms with Gasteiger partial charge in [0.2, 0.25) is 11.7 Å². The molecule has 7 heteroatoms. The van der Waals surface area contributed by atoms with Gasteiger partial charge in [-0.3, -0.25) is 9.78 Å². The smallest absolute Gasteiger partial charge is 0.248 e. The SMILES string of the molecule is Cc1cccc(NC(=O)Cn2nnc(-c3cccnc3)n2)c1. The van der Waals surface area contributed by atoms with Gasteiger partial charge < -0.3 is 5.32 Å². The fourth-order valence-corrected chi connectivity index (χ4v) is 1.97. The molecular formula is C15H14N6O. The fourth-order valence-electron chi connectivity index (χ4n) is 1.97. The number of nitrogens with one attached hydrogen (secondary N) is 1.